The van der Waals surface area contributed by atoms with Gasteiger partial charge in [-0.25, -0.2) is 4.79 Å². The number of nitrogens with zero attached hydrogens (tertiary/aromatic N) is 3. The van der Waals surface area contributed by atoms with E-state index >= 15 is 0 Å². The van der Waals surface area contributed by atoms with Crippen LogP contribution in [0.4, 0.5) is 16.2 Å². The number of rotatable bonds is 4. The molecular formula is C31H34N4O4. The van der Waals surface area contributed by atoms with E-state index in [9.17, 15) is 9.59 Å². The molecule has 6 rings (SSSR count). The molecule has 0 radical (unpaired) electrons. The summed E-state index contributed by atoms with van der Waals surface area (Å²) in [5.74, 6) is 1.23. The predicted octanol–water partition coefficient (Wildman–Crippen LogP) is 5.12. The molecule has 8 heteroatoms. The van der Waals surface area contributed by atoms with Gasteiger partial charge in [0, 0.05) is 48.9 Å². The lowest BCUT2D eigenvalue weighted by atomic mass is 9.89. The number of amides is 3. The molecule has 3 aromatic carbocycles. The Bertz CT molecular complexity index is 1440. The smallest absolute Gasteiger partial charge is 0.325 e. The number of methoxy groups -OCH3 is 1. The number of hydrogen-bond acceptors (Lipinski definition) is 5. The van der Waals surface area contributed by atoms with E-state index in [0.29, 0.717) is 42.3 Å². The number of nitrogens with one attached hydrogen (secondary N) is 1. The van der Waals surface area contributed by atoms with Gasteiger partial charge in [0.25, 0.3) is 5.91 Å². The van der Waals surface area contributed by atoms with Crippen LogP contribution in [0.3, 0.4) is 0 Å². The highest BCUT2D eigenvalue weighted by Crippen LogP contribution is 2.49. The van der Waals surface area contributed by atoms with Crippen molar-refractivity contribution in [3.8, 4) is 11.5 Å². The molecule has 0 unspecified atom stereocenters. The van der Waals surface area contributed by atoms with Crippen molar-refractivity contribution in [3.05, 3.63) is 83.4 Å². The van der Waals surface area contributed by atoms with Crippen molar-refractivity contribution in [2.75, 3.05) is 36.5 Å². The first-order valence-electron chi connectivity index (χ1n) is 13.5. The molecule has 3 heterocycles. The molecule has 0 saturated carbocycles. The van der Waals surface area contributed by atoms with Gasteiger partial charge in [-0.3, -0.25) is 9.69 Å². The number of carbonyl (C=O) groups is 2. The van der Waals surface area contributed by atoms with Crippen molar-refractivity contribution < 1.29 is 19.1 Å². The van der Waals surface area contributed by atoms with Gasteiger partial charge in [-0.15, -0.1) is 0 Å². The molecule has 3 aliphatic rings. The molecule has 2 fully saturated rings. The number of carbonyl (C=O) groups excluding carboxylic acids is 2. The van der Waals surface area contributed by atoms with Crippen molar-refractivity contribution in [2.45, 2.75) is 45.0 Å². The molecule has 202 valence electrons. The van der Waals surface area contributed by atoms with Crippen LogP contribution < -0.4 is 24.6 Å². The second-order valence-corrected chi connectivity index (χ2v) is 10.9. The van der Waals surface area contributed by atoms with Gasteiger partial charge in [-0.1, -0.05) is 30.3 Å². The molecule has 0 aliphatic carbocycles. The summed E-state index contributed by atoms with van der Waals surface area (Å²) in [4.78, 5) is 32.9. The third-order valence-electron chi connectivity index (χ3n) is 8.08. The normalized spacial score (nSPS) is 24.0. The fraction of sp³-hybridized carbons (Fsp3) is 0.355. The number of fused-ring (bicyclic) bond motifs is 4. The van der Waals surface area contributed by atoms with E-state index in [2.05, 4.69) is 48.3 Å². The van der Waals surface area contributed by atoms with E-state index in [4.69, 9.17) is 9.47 Å². The molecule has 8 nitrogen and oxygen atoms in total. The molecule has 2 saturated heterocycles. The van der Waals surface area contributed by atoms with Crippen molar-refractivity contribution in [1.82, 2.24) is 10.2 Å². The van der Waals surface area contributed by atoms with Gasteiger partial charge in [-0.05, 0) is 62.7 Å². The van der Waals surface area contributed by atoms with E-state index < -0.39 is 5.72 Å². The molecule has 3 aromatic rings. The summed E-state index contributed by atoms with van der Waals surface area (Å²) in [5, 5.41) is 3.12. The molecule has 1 N–H and O–H groups in total. The average molecular weight is 527 g/mol. The Balaban J connectivity index is 1.24. The highest BCUT2D eigenvalue weighted by atomic mass is 16.5. The maximum atomic E-state index is 13.6. The second-order valence-electron chi connectivity index (χ2n) is 10.9. The number of benzene rings is 3. The van der Waals surface area contributed by atoms with Crippen LogP contribution >= 0.6 is 0 Å². The van der Waals surface area contributed by atoms with Crippen LogP contribution in [0.5, 0.6) is 11.5 Å². The Hall–Kier alpha value is -4.20. The number of urea groups is 1. The van der Waals surface area contributed by atoms with E-state index in [1.165, 1.54) is 11.3 Å². The maximum absolute atomic E-state index is 13.6. The van der Waals surface area contributed by atoms with Gasteiger partial charge in [0.05, 0.1) is 18.8 Å². The molecule has 39 heavy (non-hydrogen) atoms. The molecule has 3 aliphatic heterocycles. The SMILES string of the molecule is COc1cccc2c1O[C@@]1(C)C[C@H]2NC(=O)N1c1cccc(C(=O)N2CCN(c3cccc(C)c3)[C@H](C)C2)c1. The summed E-state index contributed by atoms with van der Waals surface area (Å²) in [6, 6.07) is 21.2. The molecule has 0 spiro atoms. The van der Waals surface area contributed by atoms with Gasteiger partial charge < -0.3 is 24.6 Å². The van der Waals surface area contributed by atoms with Gasteiger partial charge in [0.1, 0.15) is 0 Å². The number of para-hydroxylation sites is 1. The van der Waals surface area contributed by atoms with Crippen LogP contribution in [0.1, 0.15) is 47.8 Å². The van der Waals surface area contributed by atoms with E-state index in [1.807, 2.05) is 48.2 Å². The highest BCUT2D eigenvalue weighted by Gasteiger charge is 2.50. The zero-order chi connectivity index (χ0) is 27.3. The number of aryl methyl sites for hydroxylation is 1. The zero-order valence-corrected chi connectivity index (χ0v) is 22.8. The minimum atomic E-state index is -0.940. The summed E-state index contributed by atoms with van der Waals surface area (Å²) in [7, 11) is 1.61. The second kappa shape index (κ2) is 9.52. The number of hydrogen-bond donors (Lipinski definition) is 1. The Labute approximate surface area is 229 Å². The summed E-state index contributed by atoms with van der Waals surface area (Å²) >= 11 is 0. The Kier molecular flexibility index (Phi) is 6.13. The Morgan fingerprint density at radius 2 is 1.82 bits per heavy atom. The minimum absolute atomic E-state index is 0.0374. The largest absolute Gasteiger partial charge is 0.493 e. The third-order valence-corrected chi connectivity index (χ3v) is 8.08. The zero-order valence-electron chi connectivity index (χ0n) is 22.8. The maximum Gasteiger partial charge on any atom is 0.325 e. The first-order valence-corrected chi connectivity index (χ1v) is 13.5. The fourth-order valence-corrected chi connectivity index (χ4v) is 6.20. The van der Waals surface area contributed by atoms with Crippen molar-refractivity contribution in [1.29, 1.82) is 0 Å². The Morgan fingerprint density at radius 3 is 2.59 bits per heavy atom. The molecule has 3 atom stereocenters. The predicted molar refractivity (Wildman–Crippen MR) is 151 cm³/mol. The summed E-state index contributed by atoms with van der Waals surface area (Å²) in [5.41, 5.74) is 3.54. The van der Waals surface area contributed by atoms with Gasteiger partial charge >= 0.3 is 6.03 Å². The van der Waals surface area contributed by atoms with Gasteiger partial charge in [-0.2, -0.15) is 0 Å². The standard InChI is InChI=1S/C31H34N4O4/c1-20-8-5-10-23(16-20)34-15-14-33(19-21(34)2)29(36)22-9-6-11-24(17-22)35-30(37)32-26-18-31(35,3)39-28-25(26)12-7-13-27(28)38-4/h5-13,16-17,21,26H,14-15,18-19H2,1-4H3,(H,32,37)/t21-,26-,31+/m1/s1. The van der Waals surface area contributed by atoms with Gasteiger partial charge in [0.15, 0.2) is 17.2 Å². The lowest BCUT2D eigenvalue weighted by Crippen LogP contribution is -2.65. The van der Waals surface area contributed by atoms with Crippen LogP contribution in [0.25, 0.3) is 0 Å². The summed E-state index contributed by atoms with van der Waals surface area (Å²) in [6.07, 6.45) is 0.565. The average Bonchev–Trinajstić information content (AvgIpc) is 2.92. The van der Waals surface area contributed by atoms with Crippen LogP contribution in [0.2, 0.25) is 0 Å². The summed E-state index contributed by atoms with van der Waals surface area (Å²) < 4.78 is 12.0. The van der Waals surface area contributed by atoms with Crippen molar-refractivity contribution in [3.63, 3.8) is 0 Å². The van der Waals surface area contributed by atoms with Crippen LogP contribution in [-0.4, -0.2) is 55.3 Å². The van der Waals surface area contributed by atoms with Crippen molar-refractivity contribution >= 4 is 23.3 Å². The topological polar surface area (TPSA) is 74.3 Å². The van der Waals surface area contributed by atoms with Crippen LogP contribution in [-0.2, 0) is 0 Å². The first-order chi connectivity index (χ1) is 18.8. The van der Waals surface area contributed by atoms with Gasteiger partial charge in [0.2, 0.25) is 0 Å². The van der Waals surface area contributed by atoms with E-state index in [0.717, 1.165) is 12.1 Å². The molecular weight excluding hydrogens is 492 g/mol. The van der Waals surface area contributed by atoms with E-state index in [1.54, 1.807) is 18.1 Å². The summed E-state index contributed by atoms with van der Waals surface area (Å²) in [6.45, 7) is 8.18. The number of anilines is 2. The lowest BCUT2D eigenvalue weighted by Gasteiger charge is -2.50. The van der Waals surface area contributed by atoms with Crippen molar-refractivity contribution in [2.24, 2.45) is 0 Å². The minimum Gasteiger partial charge on any atom is -0.493 e. The number of piperazine rings is 1. The molecule has 2 bridgehead atoms. The monoisotopic (exact) mass is 526 g/mol. The third kappa shape index (κ3) is 4.33. The van der Waals surface area contributed by atoms with Crippen LogP contribution in [0.15, 0.2) is 66.7 Å². The quantitative estimate of drug-likeness (QED) is 0.511. The number of ether oxygens (including phenoxy) is 2. The highest BCUT2D eigenvalue weighted by molar-refractivity contribution is 5.99. The fourth-order valence-electron chi connectivity index (χ4n) is 6.20. The molecule has 0 aromatic heterocycles. The van der Waals surface area contributed by atoms with E-state index in [-0.39, 0.29) is 24.0 Å². The van der Waals surface area contributed by atoms with Crippen LogP contribution in [0, 0.1) is 6.92 Å². The lowest BCUT2D eigenvalue weighted by molar-refractivity contribution is 0.0349. The Morgan fingerprint density at radius 1 is 1.05 bits per heavy atom. The first kappa shape index (κ1) is 25.1. The molecule has 3 amide bonds.